The number of carbonyl (C=O) groups excluding carboxylic acids is 2. The molecule has 40 heavy (non-hydrogen) atoms. The Kier molecular flexibility index (Phi) is 10.7. The molecule has 0 spiro atoms. The summed E-state index contributed by atoms with van der Waals surface area (Å²) in [4.78, 5) is 28.8. The van der Waals surface area contributed by atoms with Crippen LogP contribution in [-0.2, 0) is 32.6 Å². The van der Waals surface area contributed by atoms with Crippen molar-refractivity contribution in [2.75, 3.05) is 18.0 Å². The Labute approximate surface area is 238 Å². The summed E-state index contributed by atoms with van der Waals surface area (Å²) in [6.45, 7) is 7.08. The van der Waals surface area contributed by atoms with Crippen LogP contribution in [0.3, 0.4) is 0 Å². The van der Waals surface area contributed by atoms with Crippen molar-refractivity contribution < 1.29 is 22.7 Å². The summed E-state index contributed by atoms with van der Waals surface area (Å²) in [5.74, 6) is -0.191. The van der Waals surface area contributed by atoms with Gasteiger partial charge in [-0.3, -0.25) is 13.9 Å². The molecule has 0 radical (unpaired) electrons. The van der Waals surface area contributed by atoms with Gasteiger partial charge in [0.25, 0.3) is 10.0 Å². The third-order valence-corrected chi connectivity index (χ3v) is 8.68. The number of amides is 2. The number of ether oxygens (including phenoxy) is 1. The molecule has 3 rings (SSSR count). The van der Waals surface area contributed by atoms with Crippen LogP contribution in [0.15, 0.2) is 83.8 Å². The Morgan fingerprint density at radius 3 is 2.25 bits per heavy atom. The van der Waals surface area contributed by atoms with Gasteiger partial charge in [-0.1, -0.05) is 62.4 Å². The van der Waals surface area contributed by atoms with Gasteiger partial charge in [-0.15, -0.1) is 0 Å². The quantitative estimate of drug-likeness (QED) is 0.322. The number of carbonyl (C=O) groups is 2. The maximum atomic E-state index is 14.1. The van der Waals surface area contributed by atoms with E-state index in [0.717, 1.165) is 21.9 Å². The number of nitrogens with zero attached hydrogens (tertiary/aromatic N) is 2. The second-order valence-electron chi connectivity index (χ2n) is 9.67. The lowest BCUT2D eigenvalue weighted by Gasteiger charge is -2.33. The molecule has 1 N–H and O–H groups in total. The average Bonchev–Trinajstić information content (AvgIpc) is 2.98. The van der Waals surface area contributed by atoms with Crippen molar-refractivity contribution in [2.24, 2.45) is 0 Å². The zero-order valence-electron chi connectivity index (χ0n) is 23.8. The molecule has 9 heteroatoms. The summed E-state index contributed by atoms with van der Waals surface area (Å²) in [7, 11) is -2.55. The van der Waals surface area contributed by atoms with Gasteiger partial charge in [-0.25, -0.2) is 8.42 Å². The van der Waals surface area contributed by atoms with Crippen molar-refractivity contribution in [2.45, 2.75) is 64.1 Å². The third-order valence-electron chi connectivity index (χ3n) is 6.91. The largest absolute Gasteiger partial charge is 0.497 e. The zero-order valence-corrected chi connectivity index (χ0v) is 24.6. The minimum absolute atomic E-state index is 0.0740. The molecule has 0 aliphatic rings. The van der Waals surface area contributed by atoms with E-state index in [1.165, 1.54) is 17.0 Å². The third kappa shape index (κ3) is 7.41. The highest BCUT2D eigenvalue weighted by Gasteiger charge is 2.33. The molecule has 214 valence electrons. The molecule has 2 atom stereocenters. The number of sulfonamides is 1. The van der Waals surface area contributed by atoms with E-state index in [2.05, 4.69) is 5.32 Å². The lowest BCUT2D eigenvalue weighted by atomic mass is 10.1. The maximum Gasteiger partial charge on any atom is 0.264 e. The van der Waals surface area contributed by atoms with Crippen molar-refractivity contribution >= 4 is 27.5 Å². The Balaban J connectivity index is 2.06. The summed E-state index contributed by atoms with van der Waals surface area (Å²) < 4.78 is 34.4. The van der Waals surface area contributed by atoms with Crippen LogP contribution in [-0.4, -0.2) is 50.9 Å². The first-order chi connectivity index (χ1) is 19.1. The van der Waals surface area contributed by atoms with Gasteiger partial charge in [0.15, 0.2) is 0 Å². The molecule has 0 aromatic heterocycles. The van der Waals surface area contributed by atoms with Crippen LogP contribution in [0.5, 0.6) is 5.75 Å². The van der Waals surface area contributed by atoms with Gasteiger partial charge < -0.3 is 15.0 Å². The fourth-order valence-electron chi connectivity index (χ4n) is 4.30. The Morgan fingerprint density at radius 2 is 1.60 bits per heavy atom. The summed E-state index contributed by atoms with van der Waals surface area (Å²) in [6, 6.07) is 21.5. The van der Waals surface area contributed by atoms with Crippen LogP contribution in [0.25, 0.3) is 0 Å². The van der Waals surface area contributed by atoms with Crippen LogP contribution in [0, 0.1) is 0 Å². The lowest BCUT2D eigenvalue weighted by molar-refractivity contribution is -0.139. The van der Waals surface area contributed by atoms with Crippen LogP contribution >= 0.6 is 0 Å². The fraction of sp³-hybridized carbons (Fsp3) is 0.355. The Hall–Kier alpha value is -3.85. The number of hydrogen-bond acceptors (Lipinski definition) is 5. The standard InChI is InChI=1S/C31H39N3O5S/c1-6-23(3)32-31(36)24(4)33(21-25-14-13-16-27(20-25)39-5)30(35)22-34(29-19-12-11-15-26(29)7-2)40(37,38)28-17-9-8-10-18-28/h8-20,23-24H,6-7,21-22H2,1-5H3,(H,32,36)/t23-,24+/m1/s1. The van der Waals surface area contributed by atoms with Crippen LogP contribution in [0.2, 0.25) is 0 Å². The van der Waals surface area contributed by atoms with Crippen molar-refractivity contribution in [3.05, 3.63) is 90.0 Å². The average molecular weight is 566 g/mol. The minimum Gasteiger partial charge on any atom is -0.497 e. The number of methoxy groups -OCH3 is 1. The number of hydrogen-bond donors (Lipinski definition) is 1. The second kappa shape index (κ2) is 14.0. The molecule has 0 saturated carbocycles. The zero-order chi connectivity index (χ0) is 29.3. The highest BCUT2D eigenvalue weighted by molar-refractivity contribution is 7.92. The van der Waals surface area contributed by atoms with E-state index < -0.39 is 28.5 Å². The number of rotatable bonds is 13. The molecule has 8 nitrogen and oxygen atoms in total. The molecule has 0 bridgehead atoms. The van der Waals surface area contributed by atoms with Gasteiger partial charge in [0.2, 0.25) is 11.8 Å². The fourth-order valence-corrected chi connectivity index (χ4v) is 5.77. The monoisotopic (exact) mass is 565 g/mol. The highest BCUT2D eigenvalue weighted by Crippen LogP contribution is 2.28. The first-order valence-electron chi connectivity index (χ1n) is 13.5. The Morgan fingerprint density at radius 1 is 0.925 bits per heavy atom. The number of para-hydroxylation sites is 1. The molecule has 3 aromatic carbocycles. The van der Waals surface area contributed by atoms with E-state index in [1.54, 1.807) is 56.5 Å². The first-order valence-corrected chi connectivity index (χ1v) is 14.9. The predicted octanol–water partition coefficient (Wildman–Crippen LogP) is 4.78. The molecule has 0 saturated heterocycles. The van der Waals surface area contributed by atoms with E-state index in [0.29, 0.717) is 17.9 Å². The topological polar surface area (TPSA) is 96.0 Å². The molecular weight excluding hydrogens is 526 g/mol. The molecule has 2 amide bonds. The summed E-state index contributed by atoms with van der Waals surface area (Å²) in [5.41, 5.74) is 1.97. The van der Waals surface area contributed by atoms with E-state index in [1.807, 2.05) is 45.0 Å². The van der Waals surface area contributed by atoms with Crippen LogP contribution < -0.4 is 14.4 Å². The SMILES string of the molecule is CCc1ccccc1N(CC(=O)N(Cc1cccc(OC)c1)[C@@H](C)C(=O)N[C@H](C)CC)S(=O)(=O)c1ccccc1. The molecule has 0 unspecified atom stereocenters. The van der Waals surface area contributed by atoms with Crippen molar-refractivity contribution in [3.63, 3.8) is 0 Å². The smallest absolute Gasteiger partial charge is 0.264 e. The highest BCUT2D eigenvalue weighted by atomic mass is 32.2. The maximum absolute atomic E-state index is 14.1. The number of anilines is 1. The van der Waals surface area contributed by atoms with E-state index in [4.69, 9.17) is 4.74 Å². The van der Waals surface area contributed by atoms with Gasteiger partial charge in [-0.2, -0.15) is 0 Å². The van der Waals surface area contributed by atoms with Crippen molar-refractivity contribution in [1.82, 2.24) is 10.2 Å². The van der Waals surface area contributed by atoms with Crippen LogP contribution in [0.4, 0.5) is 5.69 Å². The van der Waals surface area contributed by atoms with E-state index in [9.17, 15) is 18.0 Å². The van der Waals surface area contributed by atoms with Crippen molar-refractivity contribution in [1.29, 1.82) is 0 Å². The second-order valence-corrected chi connectivity index (χ2v) is 11.5. The number of aryl methyl sites for hydroxylation is 1. The molecule has 0 aliphatic heterocycles. The first kappa shape index (κ1) is 30.7. The Bertz CT molecular complexity index is 1390. The predicted molar refractivity (Wildman–Crippen MR) is 158 cm³/mol. The molecule has 3 aromatic rings. The van der Waals surface area contributed by atoms with Gasteiger partial charge in [0.05, 0.1) is 17.7 Å². The summed E-state index contributed by atoms with van der Waals surface area (Å²) in [5, 5.41) is 2.94. The van der Waals surface area contributed by atoms with Gasteiger partial charge >= 0.3 is 0 Å². The van der Waals surface area contributed by atoms with Gasteiger partial charge in [0.1, 0.15) is 18.3 Å². The van der Waals surface area contributed by atoms with Crippen molar-refractivity contribution in [3.8, 4) is 5.75 Å². The molecule has 0 heterocycles. The van der Waals surface area contributed by atoms with Gasteiger partial charge in [-0.05, 0) is 68.1 Å². The molecule has 0 fully saturated rings. The normalized spacial score (nSPS) is 12.7. The van der Waals surface area contributed by atoms with E-state index in [-0.39, 0.29) is 23.4 Å². The summed E-state index contributed by atoms with van der Waals surface area (Å²) in [6.07, 6.45) is 1.31. The van der Waals surface area contributed by atoms with Crippen LogP contribution in [0.1, 0.15) is 45.2 Å². The summed E-state index contributed by atoms with van der Waals surface area (Å²) >= 11 is 0. The minimum atomic E-state index is -4.10. The van der Waals surface area contributed by atoms with Gasteiger partial charge in [0, 0.05) is 12.6 Å². The van der Waals surface area contributed by atoms with E-state index >= 15 is 0 Å². The number of benzene rings is 3. The molecule has 0 aliphatic carbocycles. The molecular formula is C31H39N3O5S. The number of nitrogens with one attached hydrogen (secondary N) is 1. The lowest BCUT2D eigenvalue weighted by Crippen LogP contribution is -2.52.